The fourth-order valence-corrected chi connectivity index (χ4v) is 1.56. The zero-order valence-electron chi connectivity index (χ0n) is 7.60. The van der Waals surface area contributed by atoms with Crippen molar-refractivity contribution in [3.8, 4) is 0 Å². The summed E-state index contributed by atoms with van der Waals surface area (Å²) >= 11 is 0. The van der Waals surface area contributed by atoms with Crippen LogP contribution < -0.4 is 5.32 Å². The van der Waals surface area contributed by atoms with E-state index in [9.17, 15) is 0 Å². The molecule has 66 valence electrons. The van der Waals surface area contributed by atoms with Crippen LogP contribution in [0.5, 0.6) is 0 Å². The van der Waals surface area contributed by atoms with Gasteiger partial charge < -0.3 is 10.1 Å². The van der Waals surface area contributed by atoms with Gasteiger partial charge in [0.05, 0.1) is 0 Å². The van der Waals surface area contributed by atoms with Crippen molar-refractivity contribution in [2.45, 2.75) is 20.3 Å². The molecule has 0 aliphatic carbocycles. The molecular formula is C9H19NO. The van der Waals surface area contributed by atoms with Gasteiger partial charge in [0.2, 0.25) is 0 Å². The molecule has 1 aliphatic heterocycles. The van der Waals surface area contributed by atoms with Gasteiger partial charge in [0.15, 0.2) is 0 Å². The molecule has 1 heterocycles. The van der Waals surface area contributed by atoms with Crippen LogP contribution in [0.2, 0.25) is 0 Å². The third-order valence-corrected chi connectivity index (χ3v) is 2.47. The van der Waals surface area contributed by atoms with E-state index in [0.29, 0.717) is 0 Å². The van der Waals surface area contributed by atoms with Gasteiger partial charge in [0.1, 0.15) is 0 Å². The van der Waals surface area contributed by atoms with E-state index in [-0.39, 0.29) is 0 Å². The van der Waals surface area contributed by atoms with Gasteiger partial charge in [-0.1, -0.05) is 13.8 Å². The van der Waals surface area contributed by atoms with Crippen LogP contribution in [0.15, 0.2) is 0 Å². The topological polar surface area (TPSA) is 21.3 Å². The molecule has 1 aliphatic rings. The molecule has 1 fully saturated rings. The summed E-state index contributed by atoms with van der Waals surface area (Å²) in [6.45, 7) is 8.60. The monoisotopic (exact) mass is 157 g/mol. The average molecular weight is 157 g/mol. The van der Waals surface area contributed by atoms with Crippen molar-refractivity contribution in [1.29, 1.82) is 0 Å². The lowest BCUT2D eigenvalue weighted by molar-refractivity contribution is 0.0247. The minimum absolute atomic E-state index is 0.739. The van der Waals surface area contributed by atoms with Crippen LogP contribution in [0.25, 0.3) is 0 Å². The molecule has 2 atom stereocenters. The first-order valence-electron chi connectivity index (χ1n) is 4.63. The molecule has 1 saturated heterocycles. The van der Waals surface area contributed by atoms with Gasteiger partial charge in [-0.15, -0.1) is 0 Å². The molecule has 1 rings (SSSR count). The lowest BCUT2D eigenvalue weighted by Crippen LogP contribution is -2.33. The third-order valence-electron chi connectivity index (χ3n) is 2.47. The average Bonchev–Trinajstić information content (AvgIpc) is 2.03. The van der Waals surface area contributed by atoms with E-state index in [0.717, 1.165) is 31.6 Å². The molecule has 0 radical (unpaired) electrons. The normalized spacial score (nSPS) is 32.2. The number of rotatable bonds is 3. The Hall–Kier alpha value is -0.0800. The molecule has 11 heavy (non-hydrogen) atoms. The molecular weight excluding hydrogens is 138 g/mol. The van der Waals surface area contributed by atoms with Crippen molar-refractivity contribution in [2.24, 2.45) is 11.8 Å². The van der Waals surface area contributed by atoms with E-state index < -0.39 is 0 Å². The third kappa shape index (κ3) is 2.80. The van der Waals surface area contributed by atoms with E-state index in [2.05, 4.69) is 19.2 Å². The number of nitrogens with one attached hydrogen (secondary N) is 1. The van der Waals surface area contributed by atoms with Crippen LogP contribution in [-0.2, 0) is 4.74 Å². The second kappa shape index (κ2) is 4.73. The molecule has 0 aromatic carbocycles. The lowest BCUT2D eigenvalue weighted by atomic mass is 9.90. The number of hydrogen-bond donors (Lipinski definition) is 1. The highest BCUT2D eigenvalue weighted by Gasteiger charge is 2.20. The molecule has 0 amide bonds. The van der Waals surface area contributed by atoms with Crippen LogP contribution in [0.3, 0.4) is 0 Å². The summed E-state index contributed by atoms with van der Waals surface area (Å²) in [7, 11) is 0. The Labute approximate surface area is 69.3 Å². The van der Waals surface area contributed by atoms with E-state index in [1.165, 1.54) is 13.0 Å². The van der Waals surface area contributed by atoms with E-state index in [4.69, 9.17) is 4.74 Å². The van der Waals surface area contributed by atoms with E-state index >= 15 is 0 Å². The summed E-state index contributed by atoms with van der Waals surface area (Å²) in [5.74, 6) is 1.58. The Morgan fingerprint density at radius 3 is 3.00 bits per heavy atom. The maximum Gasteiger partial charge on any atom is 0.0494 e. The molecule has 2 nitrogen and oxygen atoms in total. The second-order valence-electron chi connectivity index (χ2n) is 3.41. The smallest absolute Gasteiger partial charge is 0.0494 e. The summed E-state index contributed by atoms with van der Waals surface area (Å²) < 4.78 is 5.36. The maximum absolute atomic E-state index is 5.36. The summed E-state index contributed by atoms with van der Waals surface area (Å²) in [5, 5.41) is 3.39. The van der Waals surface area contributed by atoms with Crippen molar-refractivity contribution in [1.82, 2.24) is 5.32 Å². The molecule has 2 unspecified atom stereocenters. The molecule has 2 heteroatoms. The first kappa shape index (κ1) is 9.01. The summed E-state index contributed by atoms with van der Waals surface area (Å²) in [4.78, 5) is 0. The quantitative estimate of drug-likeness (QED) is 0.666. The van der Waals surface area contributed by atoms with Gasteiger partial charge >= 0.3 is 0 Å². The second-order valence-corrected chi connectivity index (χ2v) is 3.41. The molecule has 0 bridgehead atoms. The first-order valence-corrected chi connectivity index (χ1v) is 4.63. The minimum Gasteiger partial charge on any atom is -0.381 e. The van der Waals surface area contributed by atoms with E-state index in [1.54, 1.807) is 0 Å². The minimum atomic E-state index is 0.739. The predicted molar refractivity (Wildman–Crippen MR) is 46.6 cm³/mol. The molecule has 1 N–H and O–H groups in total. The Balaban J connectivity index is 2.18. The van der Waals surface area contributed by atoms with E-state index in [1.807, 2.05) is 0 Å². The summed E-state index contributed by atoms with van der Waals surface area (Å²) in [6, 6.07) is 0. The van der Waals surface area contributed by atoms with Crippen LogP contribution in [-0.4, -0.2) is 26.3 Å². The molecule has 0 aromatic heterocycles. The fraction of sp³-hybridized carbons (Fsp3) is 1.00. The lowest BCUT2D eigenvalue weighted by Gasteiger charge is -2.28. The van der Waals surface area contributed by atoms with Crippen molar-refractivity contribution in [3.63, 3.8) is 0 Å². The van der Waals surface area contributed by atoms with Gasteiger partial charge in [-0.05, 0) is 31.3 Å². The summed E-state index contributed by atoms with van der Waals surface area (Å²) in [6.07, 6.45) is 1.23. The zero-order chi connectivity index (χ0) is 8.10. The SMILES string of the molecule is CCNCC1CCOCC1C. The predicted octanol–water partition coefficient (Wildman–Crippen LogP) is 1.27. The highest BCUT2D eigenvalue weighted by atomic mass is 16.5. The molecule has 0 spiro atoms. The van der Waals surface area contributed by atoms with Gasteiger partial charge in [0.25, 0.3) is 0 Å². The van der Waals surface area contributed by atoms with Crippen LogP contribution >= 0.6 is 0 Å². The number of hydrogen-bond acceptors (Lipinski definition) is 2. The van der Waals surface area contributed by atoms with Crippen molar-refractivity contribution >= 4 is 0 Å². The van der Waals surface area contributed by atoms with Crippen molar-refractivity contribution in [2.75, 3.05) is 26.3 Å². The zero-order valence-corrected chi connectivity index (χ0v) is 7.60. The molecule has 0 aromatic rings. The Bertz CT molecular complexity index is 106. The standard InChI is InChI=1S/C9H19NO/c1-3-10-6-9-4-5-11-7-8(9)2/h8-10H,3-7H2,1-2H3. The first-order chi connectivity index (χ1) is 5.34. The molecule has 0 saturated carbocycles. The van der Waals surface area contributed by atoms with Crippen LogP contribution in [0, 0.1) is 11.8 Å². The van der Waals surface area contributed by atoms with Crippen LogP contribution in [0.1, 0.15) is 20.3 Å². The van der Waals surface area contributed by atoms with Crippen molar-refractivity contribution < 1.29 is 4.74 Å². The fourth-order valence-electron chi connectivity index (χ4n) is 1.56. The maximum atomic E-state index is 5.36. The van der Waals surface area contributed by atoms with Gasteiger partial charge in [-0.25, -0.2) is 0 Å². The Kier molecular flexibility index (Phi) is 3.87. The highest BCUT2D eigenvalue weighted by molar-refractivity contribution is 4.71. The van der Waals surface area contributed by atoms with Gasteiger partial charge in [-0.2, -0.15) is 0 Å². The highest BCUT2D eigenvalue weighted by Crippen LogP contribution is 2.19. The largest absolute Gasteiger partial charge is 0.381 e. The number of ether oxygens (including phenoxy) is 1. The van der Waals surface area contributed by atoms with Gasteiger partial charge in [0, 0.05) is 13.2 Å². The van der Waals surface area contributed by atoms with Crippen molar-refractivity contribution in [3.05, 3.63) is 0 Å². The summed E-state index contributed by atoms with van der Waals surface area (Å²) in [5.41, 5.74) is 0. The Morgan fingerprint density at radius 2 is 2.36 bits per heavy atom. The van der Waals surface area contributed by atoms with Crippen LogP contribution in [0.4, 0.5) is 0 Å². The Morgan fingerprint density at radius 1 is 1.55 bits per heavy atom. The van der Waals surface area contributed by atoms with Gasteiger partial charge in [-0.3, -0.25) is 0 Å².